The summed E-state index contributed by atoms with van der Waals surface area (Å²) in [5.41, 5.74) is 9.63. The minimum absolute atomic E-state index is 0.135. The summed E-state index contributed by atoms with van der Waals surface area (Å²) in [5.74, 6) is 0.981. The standard InChI is InChI=1S/C18H25N3/c1-18(2,3)16-9-10-17(20-12-16)21(4)13-15-8-6-5-7-14(15)11-19/h5-10,12H,11,13,19H2,1-4H3. The Labute approximate surface area is 127 Å². The molecule has 0 aliphatic heterocycles. The monoisotopic (exact) mass is 283 g/mol. The molecule has 1 aromatic heterocycles. The Hall–Kier alpha value is -1.87. The Kier molecular flexibility index (Phi) is 4.63. The summed E-state index contributed by atoms with van der Waals surface area (Å²) in [7, 11) is 2.06. The van der Waals surface area contributed by atoms with Crippen molar-refractivity contribution < 1.29 is 0 Å². The van der Waals surface area contributed by atoms with Crippen LogP contribution >= 0.6 is 0 Å². The zero-order chi connectivity index (χ0) is 15.5. The molecule has 21 heavy (non-hydrogen) atoms. The third-order valence-corrected chi connectivity index (χ3v) is 3.75. The number of nitrogens with two attached hydrogens (primary N) is 1. The van der Waals surface area contributed by atoms with Crippen LogP contribution in [0.3, 0.4) is 0 Å². The molecule has 0 atom stereocenters. The van der Waals surface area contributed by atoms with Gasteiger partial charge in [0.1, 0.15) is 5.82 Å². The lowest BCUT2D eigenvalue weighted by molar-refractivity contribution is 0.587. The van der Waals surface area contributed by atoms with E-state index in [0.717, 1.165) is 12.4 Å². The van der Waals surface area contributed by atoms with Crippen LogP contribution in [0.15, 0.2) is 42.6 Å². The molecule has 0 fully saturated rings. The molecule has 3 nitrogen and oxygen atoms in total. The number of hydrogen-bond donors (Lipinski definition) is 1. The van der Waals surface area contributed by atoms with E-state index >= 15 is 0 Å². The third-order valence-electron chi connectivity index (χ3n) is 3.75. The fraction of sp³-hybridized carbons (Fsp3) is 0.389. The van der Waals surface area contributed by atoms with Crippen molar-refractivity contribution in [1.82, 2.24) is 4.98 Å². The van der Waals surface area contributed by atoms with E-state index < -0.39 is 0 Å². The Morgan fingerprint density at radius 2 is 1.71 bits per heavy atom. The second-order valence-corrected chi connectivity index (χ2v) is 6.48. The molecule has 0 aliphatic carbocycles. The van der Waals surface area contributed by atoms with Gasteiger partial charge in [-0.05, 0) is 28.2 Å². The van der Waals surface area contributed by atoms with Crippen LogP contribution < -0.4 is 10.6 Å². The maximum atomic E-state index is 5.80. The van der Waals surface area contributed by atoms with Crippen molar-refractivity contribution >= 4 is 5.82 Å². The Bertz CT molecular complexity index is 582. The smallest absolute Gasteiger partial charge is 0.128 e. The first kappa shape index (κ1) is 15.5. The SMILES string of the molecule is CN(Cc1ccccc1CN)c1ccc(C(C)(C)C)cn1. The number of rotatable bonds is 4. The van der Waals surface area contributed by atoms with Gasteiger partial charge in [0.25, 0.3) is 0 Å². The topological polar surface area (TPSA) is 42.1 Å². The van der Waals surface area contributed by atoms with E-state index in [2.05, 4.69) is 68.0 Å². The van der Waals surface area contributed by atoms with E-state index in [1.54, 1.807) is 0 Å². The second-order valence-electron chi connectivity index (χ2n) is 6.48. The van der Waals surface area contributed by atoms with Crippen molar-refractivity contribution in [3.05, 3.63) is 59.3 Å². The highest BCUT2D eigenvalue weighted by Crippen LogP contribution is 2.23. The van der Waals surface area contributed by atoms with Gasteiger partial charge in [-0.2, -0.15) is 0 Å². The van der Waals surface area contributed by atoms with E-state index in [1.807, 2.05) is 12.3 Å². The van der Waals surface area contributed by atoms with Gasteiger partial charge in [-0.3, -0.25) is 0 Å². The zero-order valence-electron chi connectivity index (χ0n) is 13.4. The van der Waals surface area contributed by atoms with Crippen LogP contribution in [0.5, 0.6) is 0 Å². The summed E-state index contributed by atoms with van der Waals surface area (Å²) >= 11 is 0. The van der Waals surface area contributed by atoms with Crippen LogP contribution in [0.4, 0.5) is 5.82 Å². The minimum Gasteiger partial charge on any atom is -0.355 e. The first-order valence-electron chi connectivity index (χ1n) is 7.36. The van der Waals surface area contributed by atoms with Gasteiger partial charge >= 0.3 is 0 Å². The molecule has 0 spiro atoms. The lowest BCUT2D eigenvalue weighted by atomic mass is 9.88. The predicted molar refractivity (Wildman–Crippen MR) is 89.4 cm³/mol. The molecule has 1 heterocycles. The highest BCUT2D eigenvalue weighted by molar-refractivity contribution is 5.41. The largest absolute Gasteiger partial charge is 0.355 e. The van der Waals surface area contributed by atoms with Crippen LogP contribution in [0.2, 0.25) is 0 Å². The fourth-order valence-corrected chi connectivity index (χ4v) is 2.30. The van der Waals surface area contributed by atoms with Gasteiger partial charge < -0.3 is 10.6 Å². The first-order valence-corrected chi connectivity index (χ1v) is 7.36. The quantitative estimate of drug-likeness (QED) is 0.934. The number of benzene rings is 1. The maximum Gasteiger partial charge on any atom is 0.128 e. The molecule has 1 aromatic carbocycles. The van der Waals surface area contributed by atoms with Crippen molar-refractivity contribution in [1.29, 1.82) is 0 Å². The summed E-state index contributed by atoms with van der Waals surface area (Å²) in [6.07, 6.45) is 1.97. The summed E-state index contributed by atoms with van der Waals surface area (Å²) in [6, 6.07) is 12.5. The predicted octanol–water partition coefficient (Wildman–Crippen LogP) is 3.47. The Morgan fingerprint density at radius 3 is 2.24 bits per heavy atom. The van der Waals surface area contributed by atoms with Gasteiger partial charge in [0.15, 0.2) is 0 Å². The molecule has 0 radical (unpaired) electrons. The van der Waals surface area contributed by atoms with E-state index in [4.69, 9.17) is 5.73 Å². The van der Waals surface area contributed by atoms with Gasteiger partial charge in [-0.1, -0.05) is 51.1 Å². The van der Waals surface area contributed by atoms with Crippen LogP contribution in [0.1, 0.15) is 37.5 Å². The molecule has 2 rings (SSSR count). The van der Waals surface area contributed by atoms with Crippen molar-refractivity contribution in [2.75, 3.05) is 11.9 Å². The second kappa shape index (κ2) is 6.27. The van der Waals surface area contributed by atoms with Gasteiger partial charge in [0, 0.05) is 26.3 Å². The highest BCUT2D eigenvalue weighted by atomic mass is 15.2. The zero-order valence-corrected chi connectivity index (χ0v) is 13.4. The maximum absolute atomic E-state index is 5.80. The van der Waals surface area contributed by atoms with Crippen molar-refractivity contribution in [2.45, 2.75) is 39.3 Å². The molecule has 0 aliphatic rings. The minimum atomic E-state index is 0.135. The molecule has 0 saturated carbocycles. The van der Waals surface area contributed by atoms with Gasteiger partial charge in [0.2, 0.25) is 0 Å². The van der Waals surface area contributed by atoms with E-state index in [0.29, 0.717) is 6.54 Å². The summed E-state index contributed by atoms with van der Waals surface area (Å²) in [4.78, 5) is 6.75. The van der Waals surface area contributed by atoms with Gasteiger partial charge in [-0.15, -0.1) is 0 Å². The summed E-state index contributed by atoms with van der Waals surface area (Å²) in [6.45, 7) is 7.98. The van der Waals surface area contributed by atoms with Crippen LogP contribution in [-0.2, 0) is 18.5 Å². The average molecular weight is 283 g/mol. The van der Waals surface area contributed by atoms with Crippen LogP contribution in [0, 0.1) is 0 Å². The van der Waals surface area contributed by atoms with Gasteiger partial charge in [0.05, 0.1) is 0 Å². The number of aromatic nitrogens is 1. The summed E-state index contributed by atoms with van der Waals surface area (Å²) in [5, 5.41) is 0. The van der Waals surface area contributed by atoms with E-state index in [9.17, 15) is 0 Å². The molecule has 0 unspecified atom stereocenters. The molecular weight excluding hydrogens is 258 g/mol. The molecule has 0 bridgehead atoms. The molecule has 2 aromatic rings. The molecule has 0 amide bonds. The Morgan fingerprint density at radius 1 is 1.05 bits per heavy atom. The molecule has 112 valence electrons. The van der Waals surface area contributed by atoms with Crippen molar-refractivity contribution in [2.24, 2.45) is 5.73 Å². The first-order chi connectivity index (χ1) is 9.91. The Balaban J connectivity index is 2.15. The third kappa shape index (κ3) is 3.82. The molecular formula is C18H25N3. The highest BCUT2D eigenvalue weighted by Gasteiger charge is 2.14. The van der Waals surface area contributed by atoms with Crippen molar-refractivity contribution in [3.8, 4) is 0 Å². The fourth-order valence-electron chi connectivity index (χ4n) is 2.30. The van der Waals surface area contributed by atoms with E-state index in [1.165, 1.54) is 16.7 Å². The lowest BCUT2D eigenvalue weighted by Gasteiger charge is -2.22. The summed E-state index contributed by atoms with van der Waals surface area (Å²) < 4.78 is 0. The van der Waals surface area contributed by atoms with E-state index in [-0.39, 0.29) is 5.41 Å². The molecule has 3 heteroatoms. The molecule has 0 saturated heterocycles. The van der Waals surface area contributed by atoms with Crippen LogP contribution in [-0.4, -0.2) is 12.0 Å². The van der Waals surface area contributed by atoms with Crippen molar-refractivity contribution in [3.63, 3.8) is 0 Å². The lowest BCUT2D eigenvalue weighted by Crippen LogP contribution is -2.20. The molecule has 2 N–H and O–H groups in total. The number of nitrogens with zero attached hydrogens (tertiary/aromatic N) is 2. The number of anilines is 1. The number of pyridine rings is 1. The van der Waals surface area contributed by atoms with Gasteiger partial charge in [-0.25, -0.2) is 4.98 Å². The normalized spacial score (nSPS) is 11.5. The average Bonchev–Trinajstić information content (AvgIpc) is 2.47. The van der Waals surface area contributed by atoms with Crippen LogP contribution in [0.25, 0.3) is 0 Å². The number of hydrogen-bond acceptors (Lipinski definition) is 3.